The van der Waals surface area contributed by atoms with Crippen molar-refractivity contribution in [2.24, 2.45) is 5.92 Å². The van der Waals surface area contributed by atoms with E-state index >= 15 is 0 Å². The van der Waals surface area contributed by atoms with Crippen LogP contribution >= 0.6 is 11.3 Å². The van der Waals surface area contributed by atoms with E-state index in [4.69, 9.17) is 4.74 Å². The number of amides is 1. The Morgan fingerprint density at radius 1 is 1.56 bits per heavy atom. The summed E-state index contributed by atoms with van der Waals surface area (Å²) in [6, 6.07) is 2.39. The number of nitrogens with one attached hydrogen (secondary N) is 1. The van der Waals surface area contributed by atoms with Gasteiger partial charge in [-0.3, -0.25) is 4.79 Å². The van der Waals surface area contributed by atoms with Crippen LogP contribution in [-0.2, 0) is 4.74 Å². The summed E-state index contributed by atoms with van der Waals surface area (Å²) in [6.45, 7) is 0.824. The molecule has 1 aromatic heterocycles. The number of carbonyl (C=O) groups is 1. The fourth-order valence-corrected chi connectivity index (χ4v) is 3.75. The molecule has 4 nitrogen and oxygen atoms in total. The molecule has 1 aliphatic heterocycles. The number of rotatable bonds is 3. The van der Waals surface area contributed by atoms with Crippen molar-refractivity contribution in [3.63, 3.8) is 0 Å². The molecule has 3 rings (SSSR count). The van der Waals surface area contributed by atoms with Crippen LogP contribution < -0.4 is 5.32 Å². The van der Waals surface area contributed by atoms with E-state index in [0.717, 1.165) is 18.6 Å². The van der Waals surface area contributed by atoms with Crippen molar-refractivity contribution in [2.75, 3.05) is 20.7 Å². The van der Waals surface area contributed by atoms with E-state index < -0.39 is 0 Å². The Bertz CT molecular complexity index is 432. The molecule has 0 aromatic carbocycles. The molecule has 0 bridgehead atoms. The van der Waals surface area contributed by atoms with Gasteiger partial charge in [-0.05, 0) is 32.0 Å². The average Bonchev–Trinajstić information content (AvgIpc) is 2.93. The first-order valence-corrected chi connectivity index (χ1v) is 7.24. The third-order valence-corrected chi connectivity index (χ3v) is 4.71. The van der Waals surface area contributed by atoms with Crippen LogP contribution in [0.1, 0.15) is 16.8 Å². The summed E-state index contributed by atoms with van der Waals surface area (Å²) in [7, 11) is 4.10. The smallest absolute Gasteiger partial charge is 0.252 e. The molecule has 2 fully saturated rings. The van der Waals surface area contributed by atoms with Crippen molar-refractivity contribution in [3.8, 4) is 0 Å². The molecule has 0 radical (unpaired) electrons. The van der Waals surface area contributed by atoms with E-state index in [1.54, 1.807) is 11.3 Å². The van der Waals surface area contributed by atoms with Gasteiger partial charge in [0.2, 0.25) is 0 Å². The predicted molar refractivity (Wildman–Crippen MR) is 70.9 cm³/mol. The van der Waals surface area contributed by atoms with E-state index in [2.05, 4.69) is 10.2 Å². The summed E-state index contributed by atoms with van der Waals surface area (Å²) < 4.78 is 5.74. The number of nitrogens with zero attached hydrogens (tertiary/aromatic N) is 1. The predicted octanol–water partition coefficient (Wildman–Crippen LogP) is 1.20. The highest BCUT2D eigenvalue weighted by molar-refractivity contribution is 7.08. The van der Waals surface area contributed by atoms with Crippen LogP contribution in [-0.4, -0.2) is 49.7 Å². The van der Waals surface area contributed by atoms with Crippen molar-refractivity contribution in [2.45, 2.75) is 24.6 Å². The molecule has 1 aromatic rings. The normalized spacial score (nSPS) is 34.2. The number of fused-ring (bicyclic) bond motifs is 1. The Morgan fingerprint density at radius 3 is 3.06 bits per heavy atom. The van der Waals surface area contributed by atoms with Gasteiger partial charge in [0.25, 0.3) is 5.91 Å². The van der Waals surface area contributed by atoms with Crippen molar-refractivity contribution >= 4 is 17.2 Å². The molecule has 1 amide bonds. The minimum Gasteiger partial charge on any atom is -0.376 e. The molecule has 5 heteroatoms. The van der Waals surface area contributed by atoms with Crippen LogP contribution in [0.15, 0.2) is 16.8 Å². The summed E-state index contributed by atoms with van der Waals surface area (Å²) in [5.74, 6) is 0.526. The molecule has 0 unspecified atom stereocenters. The Labute approximate surface area is 111 Å². The number of ether oxygens (including phenoxy) is 1. The zero-order valence-electron chi connectivity index (χ0n) is 10.6. The standard InChI is InChI=1S/C13H18N2O2S/c1-15(2)11-10(9-3-5-17-12(9)11)14-13(16)8-4-6-18-7-8/h4,6-7,9-12H,3,5H2,1-2H3,(H,14,16)/t9-,10+,11-,12-/m1/s1. The van der Waals surface area contributed by atoms with Crippen molar-refractivity contribution in [1.29, 1.82) is 0 Å². The Balaban J connectivity index is 1.70. The maximum Gasteiger partial charge on any atom is 0.252 e. The fourth-order valence-electron chi connectivity index (χ4n) is 3.11. The lowest BCUT2D eigenvalue weighted by molar-refractivity contribution is -0.0664. The van der Waals surface area contributed by atoms with Crippen LogP contribution in [0.4, 0.5) is 0 Å². The quantitative estimate of drug-likeness (QED) is 0.893. The van der Waals surface area contributed by atoms with Gasteiger partial charge in [-0.15, -0.1) is 0 Å². The zero-order valence-corrected chi connectivity index (χ0v) is 11.4. The molecular weight excluding hydrogens is 248 g/mol. The second-order valence-corrected chi connectivity index (χ2v) is 6.03. The van der Waals surface area contributed by atoms with E-state index in [9.17, 15) is 4.79 Å². The molecule has 2 aliphatic rings. The molecule has 98 valence electrons. The summed E-state index contributed by atoms with van der Waals surface area (Å²) in [5, 5.41) is 6.99. The number of likely N-dealkylation sites (N-methyl/N-ethyl adjacent to an activating group) is 1. The Kier molecular flexibility index (Phi) is 3.13. The lowest BCUT2D eigenvalue weighted by Crippen LogP contribution is -2.69. The van der Waals surface area contributed by atoms with E-state index in [-0.39, 0.29) is 11.9 Å². The van der Waals surface area contributed by atoms with Gasteiger partial charge in [-0.25, -0.2) is 0 Å². The summed E-state index contributed by atoms with van der Waals surface area (Å²) in [6.07, 6.45) is 1.36. The topological polar surface area (TPSA) is 41.6 Å². The maximum absolute atomic E-state index is 12.1. The second kappa shape index (κ2) is 4.64. The average molecular weight is 266 g/mol. The second-order valence-electron chi connectivity index (χ2n) is 5.25. The largest absolute Gasteiger partial charge is 0.376 e. The summed E-state index contributed by atoms with van der Waals surface area (Å²) >= 11 is 1.55. The first kappa shape index (κ1) is 12.1. The van der Waals surface area contributed by atoms with Crippen molar-refractivity contribution in [3.05, 3.63) is 22.4 Å². The number of thiophene rings is 1. The van der Waals surface area contributed by atoms with Gasteiger partial charge >= 0.3 is 0 Å². The molecule has 18 heavy (non-hydrogen) atoms. The van der Waals surface area contributed by atoms with Crippen molar-refractivity contribution in [1.82, 2.24) is 10.2 Å². The van der Waals surface area contributed by atoms with Crippen LogP contribution in [0.3, 0.4) is 0 Å². The lowest BCUT2D eigenvalue weighted by atomic mass is 9.71. The number of carbonyl (C=O) groups excluding carboxylic acids is 1. The Morgan fingerprint density at radius 2 is 2.39 bits per heavy atom. The summed E-state index contributed by atoms with van der Waals surface area (Å²) in [5.41, 5.74) is 0.764. The molecular formula is C13H18N2O2S. The van der Waals surface area contributed by atoms with Crippen LogP contribution in [0, 0.1) is 5.92 Å². The van der Waals surface area contributed by atoms with Gasteiger partial charge in [0.15, 0.2) is 0 Å². The first-order valence-electron chi connectivity index (χ1n) is 6.29. The molecule has 1 saturated heterocycles. The van der Waals surface area contributed by atoms with Crippen LogP contribution in [0.25, 0.3) is 0 Å². The lowest BCUT2D eigenvalue weighted by Gasteiger charge is -2.50. The molecule has 4 atom stereocenters. The molecule has 2 heterocycles. The van der Waals surface area contributed by atoms with Crippen molar-refractivity contribution < 1.29 is 9.53 Å². The monoisotopic (exact) mass is 266 g/mol. The molecule has 1 saturated carbocycles. The molecule has 1 aliphatic carbocycles. The highest BCUT2D eigenvalue weighted by Crippen LogP contribution is 2.41. The molecule has 0 spiro atoms. The highest BCUT2D eigenvalue weighted by atomic mass is 32.1. The van der Waals surface area contributed by atoms with Gasteiger partial charge in [-0.1, -0.05) is 0 Å². The van der Waals surface area contributed by atoms with Gasteiger partial charge in [0.1, 0.15) is 0 Å². The van der Waals surface area contributed by atoms with Gasteiger partial charge in [-0.2, -0.15) is 11.3 Å². The SMILES string of the molecule is CN(C)[C@@H]1[C@@H](NC(=O)c2ccsc2)[C@H]2CCO[C@H]21. The van der Waals surface area contributed by atoms with E-state index in [1.807, 2.05) is 30.9 Å². The van der Waals surface area contributed by atoms with Crippen LogP contribution in [0.5, 0.6) is 0 Å². The van der Waals surface area contributed by atoms with Gasteiger partial charge < -0.3 is 15.0 Å². The number of hydrogen-bond acceptors (Lipinski definition) is 4. The third-order valence-electron chi connectivity index (χ3n) is 4.03. The van der Waals surface area contributed by atoms with Crippen LogP contribution in [0.2, 0.25) is 0 Å². The Hall–Kier alpha value is -0.910. The first-order chi connectivity index (χ1) is 8.68. The third kappa shape index (κ3) is 1.86. The maximum atomic E-state index is 12.1. The van der Waals surface area contributed by atoms with E-state index in [0.29, 0.717) is 18.1 Å². The van der Waals surface area contributed by atoms with Gasteiger partial charge in [0, 0.05) is 23.5 Å². The minimum absolute atomic E-state index is 0.0402. The highest BCUT2D eigenvalue weighted by Gasteiger charge is 2.55. The minimum atomic E-state index is 0.0402. The fraction of sp³-hybridized carbons (Fsp3) is 0.615. The van der Waals surface area contributed by atoms with E-state index in [1.165, 1.54) is 0 Å². The van der Waals surface area contributed by atoms with Gasteiger partial charge in [0.05, 0.1) is 18.2 Å². The summed E-state index contributed by atoms with van der Waals surface area (Å²) in [4.78, 5) is 14.3. The number of hydrogen-bond donors (Lipinski definition) is 1. The molecule has 1 N–H and O–H groups in total. The zero-order chi connectivity index (χ0) is 12.7.